The number of rotatable bonds is 1. The quantitative estimate of drug-likeness (QED) is 0.540. The van der Waals surface area contributed by atoms with Gasteiger partial charge in [-0.3, -0.25) is 0 Å². The van der Waals surface area contributed by atoms with E-state index >= 15 is 0 Å². The van der Waals surface area contributed by atoms with Crippen LogP contribution in [0.2, 0.25) is 0 Å². The fraction of sp³-hybridized carbons (Fsp3) is 0.867. The van der Waals surface area contributed by atoms with Gasteiger partial charge in [-0.05, 0) is 62.2 Å². The summed E-state index contributed by atoms with van der Waals surface area (Å²) in [6.45, 7) is 9.65. The van der Waals surface area contributed by atoms with Crippen LogP contribution in [0.5, 0.6) is 0 Å². The van der Waals surface area contributed by atoms with Gasteiger partial charge in [-0.25, -0.2) is 0 Å². The van der Waals surface area contributed by atoms with Crippen LogP contribution in [-0.4, -0.2) is 0 Å². The lowest BCUT2D eigenvalue weighted by molar-refractivity contribution is 0.104. The van der Waals surface area contributed by atoms with Crippen molar-refractivity contribution >= 4 is 0 Å². The molecule has 0 bridgehead atoms. The van der Waals surface area contributed by atoms with E-state index in [9.17, 15) is 0 Å². The third-order valence-corrected chi connectivity index (χ3v) is 5.21. The van der Waals surface area contributed by atoms with Crippen molar-refractivity contribution in [3.63, 3.8) is 0 Å². The van der Waals surface area contributed by atoms with Crippen molar-refractivity contribution in [1.29, 1.82) is 0 Å². The van der Waals surface area contributed by atoms with E-state index in [1.54, 1.807) is 5.57 Å². The standard InChI is InChI=1S/C15H26/c1-5-12-7-6-10-15(4)13(11(2)3)8-9-14(12)15/h5,11,13-14H,6-10H2,1-4H3/b12-5+. The average Bonchev–Trinajstić information content (AvgIpc) is 2.54. The summed E-state index contributed by atoms with van der Waals surface area (Å²) in [6, 6.07) is 0. The Hall–Kier alpha value is -0.260. The summed E-state index contributed by atoms with van der Waals surface area (Å²) in [6.07, 6.45) is 9.61. The van der Waals surface area contributed by atoms with Crippen LogP contribution >= 0.6 is 0 Å². The highest BCUT2D eigenvalue weighted by atomic mass is 14.5. The van der Waals surface area contributed by atoms with Gasteiger partial charge < -0.3 is 0 Å². The summed E-state index contributed by atoms with van der Waals surface area (Å²) in [7, 11) is 0. The zero-order valence-corrected chi connectivity index (χ0v) is 10.8. The predicted octanol–water partition coefficient (Wildman–Crippen LogP) is 4.81. The SMILES string of the molecule is C/C=C1\CCCC2(C)C1CCC2C(C)C. The lowest BCUT2D eigenvalue weighted by atomic mass is 9.61. The first-order valence-electron chi connectivity index (χ1n) is 6.74. The zero-order valence-electron chi connectivity index (χ0n) is 10.8. The average molecular weight is 206 g/mol. The molecule has 0 radical (unpaired) electrons. The Labute approximate surface area is 95.1 Å². The second-order valence-electron chi connectivity index (χ2n) is 6.20. The summed E-state index contributed by atoms with van der Waals surface area (Å²) in [5.74, 6) is 2.76. The van der Waals surface area contributed by atoms with E-state index in [1.807, 2.05) is 0 Å². The molecule has 0 aliphatic heterocycles. The van der Waals surface area contributed by atoms with Crippen molar-refractivity contribution in [2.75, 3.05) is 0 Å². The summed E-state index contributed by atoms with van der Waals surface area (Å²) in [4.78, 5) is 0. The lowest BCUT2D eigenvalue weighted by Crippen LogP contribution is -2.35. The molecule has 0 N–H and O–H groups in total. The van der Waals surface area contributed by atoms with Gasteiger partial charge in [-0.15, -0.1) is 0 Å². The van der Waals surface area contributed by atoms with E-state index in [2.05, 4.69) is 33.8 Å². The van der Waals surface area contributed by atoms with Crippen molar-refractivity contribution in [3.8, 4) is 0 Å². The minimum Gasteiger partial charge on any atom is -0.0882 e. The molecule has 2 rings (SSSR count). The highest BCUT2D eigenvalue weighted by Crippen LogP contribution is 2.59. The van der Waals surface area contributed by atoms with E-state index in [-0.39, 0.29) is 0 Å². The van der Waals surface area contributed by atoms with Gasteiger partial charge in [-0.1, -0.05) is 32.4 Å². The van der Waals surface area contributed by atoms with Crippen LogP contribution in [0.1, 0.15) is 59.8 Å². The molecule has 86 valence electrons. The molecule has 0 aromatic rings. The number of allylic oxidation sites excluding steroid dienone is 2. The Morgan fingerprint density at radius 3 is 2.67 bits per heavy atom. The minimum absolute atomic E-state index is 0.633. The normalized spacial score (nSPS) is 43.7. The zero-order chi connectivity index (χ0) is 11.1. The second-order valence-corrected chi connectivity index (χ2v) is 6.20. The van der Waals surface area contributed by atoms with Crippen molar-refractivity contribution in [2.24, 2.45) is 23.2 Å². The Kier molecular flexibility index (Phi) is 2.96. The Bertz CT molecular complexity index is 261. The molecule has 2 saturated carbocycles. The van der Waals surface area contributed by atoms with E-state index in [4.69, 9.17) is 0 Å². The summed E-state index contributed by atoms with van der Waals surface area (Å²) in [5.41, 5.74) is 2.40. The van der Waals surface area contributed by atoms with Crippen LogP contribution in [0, 0.1) is 23.2 Å². The van der Waals surface area contributed by atoms with Crippen LogP contribution in [0.15, 0.2) is 11.6 Å². The molecule has 0 heteroatoms. The minimum atomic E-state index is 0.633. The molecule has 0 aromatic carbocycles. The molecule has 0 aromatic heterocycles. The molecule has 3 atom stereocenters. The summed E-state index contributed by atoms with van der Waals surface area (Å²) in [5, 5.41) is 0. The Balaban J connectivity index is 2.27. The molecule has 2 aliphatic rings. The highest BCUT2D eigenvalue weighted by molar-refractivity contribution is 5.17. The monoisotopic (exact) mass is 206 g/mol. The maximum Gasteiger partial charge on any atom is -0.0146 e. The molecule has 0 spiro atoms. The second kappa shape index (κ2) is 3.96. The van der Waals surface area contributed by atoms with Gasteiger partial charge >= 0.3 is 0 Å². The topological polar surface area (TPSA) is 0 Å². The van der Waals surface area contributed by atoms with Gasteiger partial charge in [0.2, 0.25) is 0 Å². The van der Waals surface area contributed by atoms with Crippen LogP contribution in [0.4, 0.5) is 0 Å². The van der Waals surface area contributed by atoms with Gasteiger partial charge in [-0.2, -0.15) is 0 Å². The first-order chi connectivity index (χ1) is 7.09. The fourth-order valence-electron chi connectivity index (χ4n) is 4.52. The maximum atomic E-state index is 2.57. The Morgan fingerprint density at radius 1 is 1.33 bits per heavy atom. The molecule has 0 nitrogen and oxygen atoms in total. The largest absolute Gasteiger partial charge is 0.0882 e. The first-order valence-corrected chi connectivity index (χ1v) is 6.74. The molecule has 0 heterocycles. The number of hydrogen-bond donors (Lipinski definition) is 0. The molecular weight excluding hydrogens is 180 g/mol. The van der Waals surface area contributed by atoms with Crippen molar-refractivity contribution in [3.05, 3.63) is 11.6 Å². The van der Waals surface area contributed by atoms with E-state index in [0.29, 0.717) is 5.41 Å². The lowest BCUT2D eigenvalue weighted by Gasteiger charge is -2.43. The molecule has 2 fully saturated rings. The molecule has 0 amide bonds. The highest BCUT2D eigenvalue weighted by Gasteiger charge is 2.49. The fourth-order valence-corrected chi connectivity index (χ4v) is 4.52. The molecule has 2 aliphatic carbocycles. The van der Waals surface area contributed by atoms with Crippen molar-refractivity contribution < 1.29 is 0 Å². The van der Waals surface area contributed by atoms with E-state index in [1.165, 1.54) is 32.1 Å². The van der Waals surface area contributed by atoms with Gasteiger partial charge in [0.1, 0.15) is 0 Å². The first kappa shape index (κ1) is 11.2. The predicted molar refractivity (Wildman–Crippen MR) is 66.8 cm³/mol. The van der Waals surface area contributed by atoms with Crippen LogP contribution < -0.4 is 0 Å². The molecule has 0 saturated heterocycles. The van der Waals surface area contributed by atoms with Gasteiger partial charge in [0.25, 0.3) is 0 Å². The van der Waals surface area contributed by atoms with Gasteiger partial charge in [0.15, 0.2) is 0 Å². The molecule has 3 unspecified atom stereocenters. The van der Waals surface area contributed by atoms with Crippen LogP contribution in [-0.2, 0) is 0 Å². The number of hydrogen-bond acceptors (Lipinski definition) is 0. The van der Waals surface area contributed by atoms with E-state index < -0.39 is 0 Å². The molecular formula is C15H26. The third-order valence-electron chi connectivity index (χ3n) is 5.21. The summed E-state index contributed by atoms with van der Waals surface area (Å²) >= 11 is 0. The van der Waals surface area contributed by atoms with Gasteiger partial charge in [0.05, 0.1) is 0 Å². The van der Waals surface area contributed by atoms with Crippen molar-refractivity contribution in [2.45, 2.75) is 59.8 Å². The van der Waals surface area contributed by atoms with Crippen LogP contribution in [0.25, 0.3) is 0 Å². The summed E-state index contributed by atoms with van der Waals surface area (Å²) < 4.78 is 0. The number of fused-ring (bicyclic) bond motifs is 1. The van der Waals surface area contributed by atoms with Gasteiger partial charge in [0, 0.05) is 0 Å². The van der Waals surface area contributed by atoms with Crippen molar-refractivity contribution in [1.82, 2.24) is 0 Å². The Morgan fingerprint density at radius 2 is 2.07 bits per heavy atom. The van der Waals surface area contributed by atoms with Crippen LogP contribution in [0.3, 0.4) is 0 Å². The third kappa shape index (κ3) is 1.66. The maximum absolute atomic E-state index is 2.57. The van der Waals surface area contributed by atoms with E-state index in [0.717, 1.165) is 17.8 Å². The smallest absolute Gasteiger partial charge is 0.0146 e. The molecule has 15 heavy (non-hydrogen) atoms.